The van der Waals surface area contributed by atoms with Gasteiger partial charge in [0, 0.05) is 26.3 Å². The van der Waals surface area contributed by atoms with Crippen molar-refractivity contribution >= 4 is 17.5 Å². The Bertz CT molecular complexity index is 742. The Hall–Kier alpha value is -2.48. The van der Waals surface area contributed by atoms with Gasteiger partial charge in [-0.2, -0.15) is 0 Å². The van der Waals surface area contributed by atoms with Gasteiger partial charge >= 0.3 is 5.97 Å². The summed E-state index contributed by atoms with van der Waals surface area (Å²) < 4.78 is 6.90. The number of likely N-dealkylation sites (tertiary alicyclic amines) is 1. The van der Waals surface area contributed by atoms with Crippen LogP contribution < -0.4 is 0 Å². The number of methoxy groups -OCH3 is 1. The van der Waals surface area contributed by atoms with Gasteiger partial charge in [-0.15, -0.1) is 10.2 Å². The number of aromatic nitrogens is 3. The topological polar surface area (TPSA) is 97.0 Å². The van der Waals surface area contributed by atoms with E-state index in [2.05, 4.69) is 10.2 Å². The molecule has 3 rings (SSSR count). The van der Waals surface area contributed by atoms with E-state index in [1.54, 1.807) is 29.7 Å². The van der Waals surface area contributed by atoms with Crippen molar-refractivity contribution in [2.75, 3.05) is 13.7 Å². The number of nitrogens with zero attached hydrogens (tertiary/aromatic N) is 4. The van der Waals surface area contributed by atoms with Gasteiger partial charge in [0.25, 0.3) is 5.91 Å². The van der Waals surface area contributed by atoms with Gasteiger partial charge in [-0.25, -0.2) is 4.79 Å². The normalized spacial score (nSPS) is 21.5. The summed E-state index contributed by atoms with van der Waals surface area (Å²) in [6.45, 7) is 2.05. The number of carboxylic acid groups (broad SMARTS) is 1. The first-order valence-corrected chi connectivity index (χ1v) is 6.89. The molecule has 0 radical (unpaired) electrons. The summed E-state index contributed by atoms with van der Waals surface area (Å²) in [7, 11) is 1.52. The number of aryl methyl sites for hydroxylation is 1. The molecule has 2 aromatic heterocycles. The minimum atomic E-state index is -1.02. The van der Waals surface area contributed by atoms with Gasteiger partial charge in [-0.05, 0) is 19.1 Å². The first-order valence-electron chi connectivity index (χ1n) is 6.89. The van der Waals surface area contributed by atoms with Crippen molar-refractivity contribution in [3.05, 3.63) is 29.7 Å². The Morgan fingerprint density at radius 2 is 2.14 bits per heavy atom. The van der Waals surface area contributed by atoms with Crippen LogP contribution in [0, 0.1) is 6.92 Å². The standard InChI is InChI=1S/C14H16N4O4/c1-8-15-16-12-4-3-9(6-17(8)12)13(19)18-7-10(22-2)5-11(18)14(20)21/h3-4,6,10-11H,5,7H2,1-2H3,(H,20,21). The number of amides is 1. The molecule has 1 N–H and O–H groups in total. The molecule has 1 amide bonds. The second kappa shape index (κ2) is 5.38. The zero-order valence-corrected chi connectivity index (χ0v) is 12.3. The molecule has 22 heavy (non-hydrogen) atoms. The fourth-order valence-electron chi connectivity index (χ4n) is 2.72. The van der Waals surface area contributed by atoms with E-state index in [-0.39, 0.29) is 18.6 Å². The van der Waals surface area contributed by atoms with Gasteiger partial charge in [0.05, 0.1) is 11.7 Å². The van der Waals surface area contributed by atoms with Gasteiger partial charge < -0.3 is 14.7 Å². The number of rotatable bonds is 3. The van der Waals surface area contributed by atoms with Crippen molar-refractivity contribution in [1.29, 1.82) is 0 Å². The van der Waals surface area contributed by atoms with E-state index in [4.69, 9.17) is 4.74 Å². The number of carbonyl (C=O) groups is 2. The molecule has 8 nitrogen and oxygen atoms in total. The molecular weight excluding hydrogens is 288 g/mol. The van der Waals surface area contributed by atoms with Crippen LogP contribution in [0.15, 0.2) is 18.3 Å². The van der Waals surface area contributed by atoms with E-state index < -0.39 is 12.0 Å². The predicted molar refractivity (Wildman–Crippen MR) is 75.6 cm³/mol. The second-order valence-electron chi connectivity index (χ2n) is 5.30. The monoisotopic (exact) mass is 304 g/mol. The number of carbonyl (C=O) groups excluding carboxylic acids is 1. The maximum absolute atomic E-state index is 12.7. The van der Waals surface area contributed by atoms with E-state index in [1.165, 1.54) is 12.0 Å². The van der Waals surface area contributed by atoms with E-state index in [9.17, 15) is 14.7 Å². The lowest BCUT2D eigenvalue weighted by Gasteiger charge is -2.21. The molecule has 2 atom stereocenters. The number of ether oxygens (including phenoxy) is 1. The summed E-state index contributed by atoms with van der Waals surface area (Å²) in [6.07, 6.45) is 1.67. The average molecular weight is 304 g/mol. The van der Waals surface area contributed by atoms with Crippen molar-refractivity contribution in [3.8, 4) is 0 Å². The van der Waals surface area contributed by atoms with Crippen molar-refractivity contribution in [1.82, 2.24) is 19.5 Å². The Morgan fingerprint density at radius 3 is 2.82 bits per heavy atom. The molecule has 1 fully saturated rings. The fraction of sp³-hybridized carbons (Fsp3) is 0.429. The SMILES string of the molecule is COC1CC(C(=O)O)N(C(=O)c2ccc3nnc(C)n3c2)C1. The molecule has 0 aromatic carbocycles. The van der Waals surface area contributed by atoms with Gasteiger partial charge in [0.15, 0.2) is 5.65 Å². The molecule has 0 saturated carbocycles. The number of hydrogen-bond acceptors (Lipinski definition) is 5. The van der Waals surface area contributed by atoms with Crippen LogP contribution in [0.5, 0.6) is 0 Å². The van der Waals surface area contributed by atoms with Gasteiger partial charge in [-0.3, -0.25) is 9.20 Å². The zero-order chi connectivity index (χ0) is 15.9. The third-order valence-corrected chi connectivity index (χ3v) is 3.96. The average Bonchev–Trinajstić information content (AvgIpc) is 3.10. The summed E-state index contributed by atoms with van der Waals surface area (Å²) >= 11 is 0. The molecule has 8 heteroatoms. The van der Waals surface area contributed by atoms with Crippen LogP contribution in [0.4, 0.5) is 0 Å². The molecule has 0 spiro atoms. The number of aliphatic carboxylic acids is 1. The molecule has 1 aliphatic rings. The van der Waals surface area contributed by atoms with Gasteiger partial charge in [-0.1, -0.05) is 0 Å². The van der Waals surface area contributed by atoms with Crippen LogP contribution in [0.2, 0.25) is 0 Å². The molecule has 1 saturated heterocycles. The van der Waals surface area contributed by atoms with Gasteiger partial charge in [0.2, 0.25) is 0 Å². The van der Waals surface area contributed by atoms with E-state index in [0.717, 1.165) is 0 Å². The molecule has 0 bridgehead atoms. The van der Waals surface area contributed by atoms with Crippen LogP contribution in [-0.4, -0.2) is 62.3 Å². The number of carboxylic acids is 1. The molecule has 116 valence electrons. The molecule has 0 aliphatic carbocycles. The third-order valence-electron chi connectivity index (χ3n) is 3.96. The highest BCUT2D eigenvalue weighted by molar-refractivity contribution is 5.97. The Labute approximate surface area is 126 Å². The number of fused-ring (bicyclic) bond motifs is 1. The van der Waals surface area contributed by atoms with E-state index in [0.29, 0.717) is 23.5 Å². The van der Waals surface area contributed by atoms with Crippen LogP contribution in [0.3, 0.4) is 0 Å². The minimum absolute atomic E-state index is 0.259. The third kappa shape index (κ3) is 2.31. The second-order valence-corrected chi connectivity index (χ2v) is 5.30. The van der Waals surface area contributed by atoms with Crippen molar-refractivity contribution in [3.63, 3.8) is 0 Å². The summed E-state index contributed by atoms with van der Waals surface area (Å²) in [5.74, 6) is -0.688. The Kier molecular flexibility index (Phi) is 3.53. The molecule has 1 aliphatic heterocycles. The van der Waals surface area contributed by atoms with Crippen molar-refractivity contribution in [2.24, 2.45) is 0 Å². The summed E-state index contributed by atoms with van der Waals surface area (Å²) in [4.78, 5) is 25.4. The van der Waals surface area contributed by atoms with Crippen LogP contribution in [-0.2, 0) is 9.53 Å². The molecule has 2 unspecified atom stereocenters. The maximum atomic E-state index is 12.7. The molecular formula is C14H16N4O4. The highest BCUT2D eigenvalue weighted by Gasteiger charge is 2.40. The van der Waals surface area contributed by atoms with Crippen molar-refractivity contribution < 1.29 is 19.4 Å². The lowest BCUT2D eigenvalue weighted by molar-refractivity contribution is -0.141. The smallest absolute Gasteiger partial charge is 0.326 e. The van der Waals surface area contributed by atoms with Crippen LogP contribution in [0.1, 0.15) is 22.6 Å². The maximum Gasteiger partial charge on any atom is 0.326 e. The first kappa shape index (κ1) is 14.5. The van der Waals surface area contributed by atoms with Gasteiger partial charge in [0.1, 0.15) is 11.9 Å². The minimum Gasteiger partial charge on any atom is -0.480 e. The number of pyridine rings is 1. The van der Waals surface area contributed by atoms with Crippen LogP contribution >= 0.6 is 0 Å². The highest BCUT2D eigenvalue weighted by Crippen LogP contribution is 2.23. The lowest BCUT2D eigenvalue weighted by Crippen LogP contribution is -2.40. The van der Waals surface area contributed by atoms with E-state index in [1.807, 2.05) is 0 Å². The summed E-state index contributed by atoms with van der Waals surface area (Å²) in [5.41, 5.74) is 1.04. The first-order chi connectivity index (χ1) is 10.5. The fourth-order valence-corrected chi connectivity index (χ4v) is 2.72. The quantitative estimate of drug-likeness (QED) is 0.879. The summed E-state index contributed by atoms with van der Waals surface area (Å²) in [6, 6.07) is 2.45. The largest absolute Gasteiger partial charge is 0.480 e. The predicted octanol–water partition coefficient (Wildman–Crippen LogP) is 0.352. The Balaban J connectivity index is 1.93. The molecule has 3 heterocycles. The van der Waals surface area contributed by atoms with Crippen molar-refractivity contribution in [2.45, 2.75) is 25.5 Å². The number of hydrogen-bond donors (Lipinski definition) is 1. The molecule has 2 aromatic rings. The zero-order valence-electron chi connectivity index (χ0n) is 12.3. The summed E-state index contributed by atoms with van der Waals surface area (Å²) in [5, 5.41) is 17.2. The lowest BCUT2D eigenvalue weighted by atomic mass is 10.2. The van der Waals surface area contributed by atoms with Crippen LogP contribution in [0.25, 0.3) is 5.65 Å². The Morgan fingerprint density at radius 1 is 1.36 bits per heavy atom. The highest BCUT2D eigenvalue weighted by atomic mass is 16.5. The van der Waals surface area contributed by atoms with E-state index >= 15 is 0 Å².